The molecule has 0 radical (unpaired) electrons. The van der Waals surface area contributed by atoms with E-state index in [4.69, 9.17) is 0 Å². The summed E-state index contributed by atoms with van der Waals surface area (Å²) >= 11 is 5.52. The number of benzene rings is 1. The molecule has 1 N–H and O–H groups in total. The molecule has 0 saturated carbocycles. The average Bonchev–Trinajstić information content (AvgIpc) is 2.37. The summed E-state index contributed by atoms with van der Waals surface area (Å²) < 4.78 is 49.9. The third-order valence-electron chi connectivity index (χ3n) is 2.02. The number of sulfonamides is 2. The summed E-state index contributed by atoms with van der Waals surface area (Å²) in [5.74, 6) is 0. The van der Waals surface area contributed by atoms with E-state index >= 15 is 0 Å². The highest BCUT2D eigenvalue weighted by Crippen LogP contribution is 2.21. The first-order valence-electron chi connectivity index (χ1n) is 4.66. The predicted molar refractivity (Wildman–Crippen MR) is 74.2 cm³/mol. The molecule has 0 saturated heterocycles. The van der Waals surface area contributed by atoms with Crippen LogP contribution in [0.4, 0.5) is 0 Å². The van der Waals surface area contributed by atoms with Crippen molar-refractivity contribution in [2.75, 3.05) is 6.54 Å². The van der Waals surface area contributed by atoms with Crippen LogP contribution in [0.3, 0.4) is 0 Å². The smallest absolute Gasteiger partial charge is 0.206 e. The summed E-state index contributed by atoms with van der Waals surface area (Å²) in [6.07, 6.45) is 0. The number of hydrogen-bond acceptors (Lipinski definition) is 4. The van der Waals surface area contributed by atoms with E-state index in [1.807, 2.05) is 3.75 Å². The minimum Gasteiger partial charge on any atom is -0.206 e. The molecule has 0 atom stereocenters. The fourth-order valence-electron chi connectivity index (χ4n) is 1.13. The summed E-state index contributed by atoms with van der Waals surface area (Å²) in [6.45, 7) is 1.86. The van der Waals surface area contributed by atoms with Gasteiger partial charge in [-0.1, -0.05) is 13.0 Å². The van der Waals surface area contributed by atoms with Gasteiger partial charge >= 0.3 is 0 Å². The van der Waals surface area contributed by atoms with Crippen molar-refractivity contribution in [3.8, 4) is 0 Å². The van der Waals surface area contributed by atoms with Crippen LogP contribution in [0.5, 0.6) is 0 Å². The summed E-state index contributed by atoms with van der Waals surface area (Å²) in [4.78, 5) is -0.248. The van der Waals surface area contributed by atoms with Gasteiger partial charge in [-0.05, 0) is 18.2 Å². The largest absolute Gasteiger partial charge is 0.252 e. The first-order valence-corrected chi connectivity index (χ1v) is 9.09. The molecule has 0 bridgehead atoms. The molecular formula is C8H10Br2N2O4S2. The maximum absolute atomic E-state index is 12.0. The van der Waals surface area contributed by atoms with E-state index in [2.05, 4.69) is 32.3 Å². The molecule has 0 aliphatic carbocycles. The second-order valence-electron chi connectivity index (χ2n) is 3.16. The van der Waals surface area contributed by atoms with Crippen molar-refractivity contribution in [2.45, 2.75) is 16.7 Å². The van der Waals surface area contributed by atoms with Gasteiger partial charge in [0.15, 0.2) is 0 Å². The Kier molecular flexibility index (Phi) is 5.32. The van der Waals surface area contributed by atoms with Crippen LogP contribution in [0.25, 0.3) is 0 Å². The molecule has 1 rings (SSSR count). The maximum Gasteiger partial charge on any atom is 0.252 e. The Morgan fingerprint density at radius 2 is 1.78 bits per heavy atom. The molecule has 0 spiro atoms. The van der Waals surface area contributed by atoms with Gasteiger partial charge in [0.2, 0.25) is 10.0 Å². The van der Waals surface area contributed by atoms with Gasteiger partial charge in [-0.3, -0.25) is 0 Å². The molecule has 0 aliphatic rings. The quantitative estimate of drug-likeness (QED) is 0.731. The van der Waals surface area contributed by atoms with Gasteiger partial charge in [0.1, 0.15) is 0 Å². The highest BCUT2D eigenvalue weighted by Gasteiger charge is 2.23. The maximum atomic E-state index is 12.0. The number of nitrogens with zero attached hydrogens (tertiary/aromatic N) is 1. The van der Waals surface area contributed by atoms with Gasteiger partial charge in [-0.15, -0.1) is 7.08 Å². The molecule has 10 heteroatoms. The highest BCUT2D eigenvalue weighted by atomic mass is 79.9. The fourth-order valence-corrected chi connectivity index (χ4v) is 3.99. The molecule has 0 amide bonds. The standard InChI is InChI=1S/C8H10Br2N2O4S2/c1-2-12(10)18(15,16)8-5-3-4-7(6-8)17(13,14)11-9/h3-6,11H,2H2,1H3. The fraction of sp³-hybridized carbons (Fsp3) is 0.250. The van der Waals surface area contributed by atoms with Gasteiger partial charge in [-0.25, -0.2) is 16.8 Å². The number of halogens is 2. The topological polar surface area (TPSA) is 83.6 Å². The highest BCUT2D eigenvalue weighted by molar-refractivity contribution is 9.09. The lowest BCUT2D eigenvalue weighted by molar-refractivity contribution is 0.554. The molecule has 0 aromatic heterocycles. The lowest BCUT2D eigenvalue weighted by Gasteiger charge is -2.13. The summed E-state index contributed by atoms with van der Waals surface area (Å²) in [6, 6.07) is 5.07. The second kappa shape index (κ2) is 5.97. The van der Waals surface area contributed by atoms with Crippen LogP contribution in [-0.4, -0.2) is 26.7 Å². The summed E-state index contributed by atoms with van der Waals surface area (Å²) in [7, 11) is -7.48. The molecule has 0 aliphatic heterocycles. The normalized spacial score (nSPS) is 12.9. The minimum atomic E-state index is -3.74. The lowest BCUT2D eigenvalue weighted by Crippen LogP contribution is -2.21. The van der Waals surface area contributed by atoms with Crippen LogP contribution in [-0.2, 0) is 20.0 Å². The van der Waals surface area contributed by atoms with Gasteiger partial charge < -0.3 is 0 Å². The van der Waals surface area contributed by atoms with Crippen LogP contribution < -0.4 is 3.75 Å². The second-order valence-corrected chi connectivity index (χ2v) is 8.96. The average molecular weight is 422 g/mol. The van der Waals surface area contributed by atoms with Gasteiger partial charge in [-0.2, -0.15) is 0 Å². The Bertz CT molecular complexity index is 630. The molecule has 1 aromatic carbocycles. The van der Waals surface area contributed by atoms with Crippen LogP contribution in [0, 0.1) is 0 Å². The van der Waals surface area contributed by atoms with Crippen molar-refractivity contribution >= 4 is 52.3 Å². The van der Waals surface area contributed by atoms with Gasteiger partial charge in [0, 0.05) is 38.8 Å². The minimum absolute atomic E-state index is 0.106. The van der Waals surface area contributed by atoms with Crippen molar-refractivity contribution < 1.29 is 16.8 Å². The van der Waals surface area contributed by atoms with Gasteiger partial charge in [0.05, 0.1) is 9.79 Å². The third kappa shape index (κ3) is 3.31. The van der Waals surface area contributed by atoms with E-state index < -0.39 is 20.0 Å². The monoisotopic (exact) mass is 420 g/mol. The zero-order chi connectivity index (χ0) is 14.0. The van der Waals surface area contributed by atoms with Crippen LogP contribution in [0.1, 0.15) is 6.92 Å². The molecule has 102 valence electrons. The molecule has 18 heavy (non-hydrogen) atoms. The van der Waals surface area contributed by atoms with Crippen LogP contribution >= 0.6 is 32.3 Å². The molecule has 0 fully saturated rings. The van der Waals surface area contributed by atoms with E-state index in [-0.39, 0.29) is 16.3 Å². The Morgan fingerprint density at radius 3 is 2.28 bits per heavy atom. The number of hydrogen-bond donors (Lipinski definition) is 1. The van der Waals surface area contributed by atoms with E-state index in [1.165, 1.54) is 18.2 Å². The third-order valence-corrected chi connectivity index (χ3v) is 7.66. The van der Waals surface area contributed by atoms with E-state index in [0.717, 1.165) is 9.40 Å². The molecule has 0 unspecified atom stereocenters. The van der Waals surface area contributed by atoms with Crippen molar-refractivity contribution in [3.05, 3.63) is 24.3 Å². The summed E-state index contributed by atoms with van der Waals surface area (Å²) in [5.41, 5.74) is 0. The SMILES string of the molecule is CCN(Br)S(=O)(=O)c1cccc(S(=O)(=O)NBr)c1. The van der Waals surface area contributed by atoms with Crippen molar-refractivity contribution in [2.24, 2.45) is 0 Å². The molecular weight excluding hydrogens is 412 g/mol. The Hall–Kier alpha value is 0. The Morgan fingerprint density at radius 1 is 1.22 bits per heavy atom. The number of rotatable bonds is 5. The molecule has 0 heterocycles. The van der Waals surface area contributed by atoms with E-state index in [9.17, 15) is 16.8 Å². The lowest BCUT2D eigenvalue weighted by atomic mass is 10.4. The first-order chi connectivity index (χ1) is 8.25. The zero-order valence-electron chi connectivity index (χ0n) is 9.17. The van der Waals surface area contributed by atoms with Crippen LogP contribution in [0.15, 0.2) is 34.1 Å². The Balaban J connectivity index is 3.35. The Labute approximate surface area is 123 Å². The van der Waals surface area contributed by atoms with Crippen molar-refractivity contribution in [1.82, 2.24) is 7.08 Å². The molecule has 6 nitrogen and oxygen atoms in total. The first kappa shape index (κ1) is 16.1. The zero-order valence-corrected chi connectivity index (χ0v) is 14.0. The van der Waals surface area contributed by atoms with Crippen molar-refractivity contribution in [1.29, 1.82) is 0 Å². The van der Waals surface area contributed by atoms with E-state index in [1.54, 1.807) is 6.92 Å². The van der Waals surface area contributed by atoms with Crippen LogP contribution in [0.2, 0.25) is 0 Å². The molecule has 1 aromatic rings. The summed E-state index contributed by atoms with van der Waals surface area (Å²) in [5, 5.41) is 0. The van der Waals surface area contributed by atoms with E-state index in [0.29, 0.717) is 0 Å². The number of nitrogens with one attached hydrogen (secondary N) is 1. The van der Waals surface area contributed by atoms with Gasteiger partial charge in [0.25, 0.3) is 10.0 Å². The van der Waals surface area contributed by atoms with Crippen molar-refractivity contribution in [3.63, 3.8) is 0 Å². The predicted octanol–water partition coefficient (Wildman–Crippen LogP) is 1.60.